The smallest absolute Gasteiger partial charge is 0.203 e. The molecule has 19 heavy (non-hydrogen) atoms. The highest BCUT2D eigenvalue weighted by Gasteiger charge is 2.19. The van der Waals surface area contributed by atoms with Crippen molar-refractivity contribution in [2.45, 2.75) is 13.0 Å². The van der Waals surface area contributed by atoms with Crippen LogP contribution in [0.4, 0.5) is 5.95 Å². The van der Waals surface area contributed by atoms with E-state index in [1.54, 1.807) is 7.11 Å². The molecule has 0 fully saturated rings. The molecule has 1 aromatic carbocycles. The van der Waals surface area contributed by atoms with Gasteiger partial charge < -0.3 is 14.6 Å². The molecule has 0 aliphatic carbocycles. The SMILES string of the molecule is COc1ccc(-c2nc3n(c2C=O)CCCN3)cc1. The molecule has 0 radical (unpaired) electrons. The Morgan fingerprint density at radius 2 is 2.16 bits per heavy atom. The highest BCUT2D eigenvalue weighted by molar-refractivity contribution is 5.85. The van der Waals surface area contributed by atoms with E-state index in [0.717, 1.165) is 48.8 Å². The van der Waals surface area contributed by atoms with E-state index in [2.05, 4.69) is 10.3 Å². The Morgan fingerprint density at radius 1 is 1.37 bits per heavy atom. The molecule has 0 atom stereocenters. The van der Waals surface area contributed by atoms with Crippen molar-refractivity contribution in [3.8, 4) is 17.0 Å². The molecule has 5 heteroatoms. The van der Waals surface area contributed by atoms with Crippen LogP contribution in [-0.2, 0) is 6.54 Å². The first-order valence-corrected chi connectivity index (χ1v) is 6.27. The van der Waals surface area contributed by atoms with Gasteiger partial charge in [0.05, 0.1) is 7.11 Å². The maximum absolute atomic E-state index is 11.3. The van der Waals surface area contributed by atoms with Crippen LogP contribution in [-0.4, -0.2) is 29.5 Å². The van der Waals surface area contributed by atoms with Gasteiger partial charge >= 0.3 is 0 Å². The second-order valence-electron chi connectivity index (χ2n) is 4.45. The third-order valence-electron chi connectivity index (χ3n) is 3.32. The van der Waals surface area contributed by atoms with Gasteiger partial charge in [-0.05, 0) is 30.7 Å². The van der Waals surface area contributed by atoms with Gasteiger partial charge in [-0.3, -0.25) is 4.79 Å². The van der Waals surface area contributed by atoms with Crippen LogP contribution in [0.25, 0.3) is 11.3 Å². The minimum atomic E-state index is 0.632. The summed E-state index contributed by atoms with van der Waals surface area (Å²) >= 11 is 0. The van der Waals surface area contributed by atoms with Crippen molar-refractivity contribution in [3.63, 3.8) is 0 Å². The number of fused-ring (bicyclic) bond motifs is 1. The number of benzene rings is 1. The number of hydrogen-bond donors (Lipinski definition) is 1. The zero-order valence-electron chi connectivity index (χ0n) is 10.7. The fraction of sp³-hybridized carbons (Fsp3) is 0.286. The number of rotatable bonds is 3. The summed E-state index contributed by atoms with van der Waals surface area (Å²) in [7, 11) is 1.63. The first kappa shape index (κ1) is 11.8. The van der Waals surface area contributed by atoms with Crippen LogP contribution in [0, 0.1) is 0 Å². The highest BCUT2D eigenvalue weighted by atomic mass is 16.5. The number of carbonyl (C=O) groups is 1. The van der Waals surface area contributed by atoms with Crippen molar-refractivity contribution in [1.29, 1.82) is 0 Å². The van der Waals surface area contributed by atoms with Gasteiger partial charge in [0.2, 0.25) is 5.95 Å². The second-order valence-corrected chi connectivity index (χ2v) is 4.45. The molecular weight excluding hydrogens is 242 g/mol. The van der Waals surface area contributed by atoms with E-state index in [0.29, 0.717) is 5.69 Å². The van der Waals surface area contributed by atoms with Crippen LogP contribution >= 0.6 is 0 Å². The van der Waals surface area contributed by atoms with Crippen molar-refractivity contribution >= 4 is 12.2 Å². The number of anilines is 1. The lowest BCUT2D eigenvalue weighted by atomic mass is 10.1. The summed E-state index contributed by atoms with van der Waals surface area (Å²) in [5.41, 5.74) is 2.28. The maximum atomic E-state index is 11.3. The number of hydrogen-bond acceptors (Lipinski definition) is 4. The van der Waals surface area contributed by atoms with E-state index in [4.69, 9.17) is 4.74 Å². The fourth-order valence-electron chi connectivity index (χ4n) is 2.34. The largest absolute Gasteiger partial charge is 0.497 e. The van der Waals surface area contributed by atoms with Gasteiger partial charge in [0.15, 0.2) is 6.29 Å². The maximum Gasteiger partial charge on any atom is 0.203 e. The van der Waals surface area contributed by atoms with Crippen LogP contribution in [0.1, 0.15) is 16.9 Å². The number of aldehydes is 1. The Labute approximate surface area is 111 Å². The van der Waals surface area contributed by atoms with Gasteiger partial charge in [-0.2, -0.15) is 0 Å². The first-order chi connectivity index (χ1) is 9.33. The lowest BCUT2D eigenvalue weighted by molar-refractivity contribution is 0.111. The highest BCUT2D eigenvalue weighted by Crippen LogP contribution is 2.28. The van der Waals surface area contributed by atoms with Crippen molar-refractivity contribution in [1.82, 2.24) is 9.55 Å². The topological polar surface area (TPSA) is 56.2 Å². The Balaban J connectivity index is 2.08. The summed E-state index contributed by atoms with van der Waals surface area (Å²) in [6.07, 6.45) is 1.88. The Hall–Kier alpha value is -2.30. The van der Waals surface area contributed by atoms with Crippen LogP contribution < -0.4 is 10.1 Å². The summed E-state index contributed by atoms with van der Waals surface area (Å²) in [6.45, 7) is 1.73. The van der Waals surface area contributed by atoms with Crippen molar-refractivity contribution < 1.29 is 9.53 Å². The van der Waals surface area contributed by atoms with Gasteiger partial charge in [-0.15, -0.1) is 0 Å². The molecule has 98 valence electrons. The fourth-order valence-corrected chi connectivity index (χ4v) is 2.34. The lowest BCUT2D eigenvalue weighted by Crippen LogP contribution is -2.18. The van der Waals surface area contributed by atoms with Gasteiger partial charge in [0, 0.05) is 18.7 Å². The summed E-state index contributed by atoms with van der Waals surface area (Å²) in [5, 5.41) is 3.22. The van der Waals surface area contributed by atoms with Crippen molar-refractivity contribution in [2.24, 2.45) is 0 Å². The molecule has 2 aromatic rings. The molecule has 1 aliphatic rings. The predicted octanol–water partition coefficient (Wildman–Crippen LogP) is 2.19. The van der Waals surface area contributed by atoms with E-state index in [-0.39, 0.29) is 0 Å². The Kier molecular flexibility index (Phi) is 2.95. The zero-order valence-corrected chi connectivity index (χ0v) is 10.7. The van der Waals surface area contributed by atoms with Gasteiger partial charge in [0.25, 0.3) is 0 Å². The molecule has 1 N–H and O–H groups in total. The third-order valence-corrected chi connectivity index (χ3v) is 3.32. The molecule has 0 spiro atoms. The zero-order chi connectivity index (χ0) is 13.2. The number of imidazole rings is 1. The quantitative estimate of drug-likeness (QED) is 0.856. The van der Waals surface area contributed by atoms with Crippen LogP contribution in [0.15, 0.2) is 24.3 Å². The summed E-state index contributed by atoms with van der Waals surface area (Å²) in [5.74, 6) is 1.57. The summed E-state index contributed by atoms with van der Waals surface area (Å²) in [4.78, 5) is 15.9. The van der Waals surface area contributed by atoms with Crippen molar-refractivity contribution in [2.75, 3.05) is 19.0 Å². The van der Waals surface area contributed by atoms with E-state index < -0.39 is 0 Å². The number of methoxy groups -OCH3 is 1. The first-order valence-electron chi connectivity index (χ1n) is 6.27. The van der Waals surface area contributed by atoms with Gasteiger partial charge in [-0.25, -0.2) is 4.98 Å². The molecule has 3 rings (SSSR count). The summed E-state index contributed by atoms with van der Waals surface area (Å²) < 4.78 is 7.08. The molecule has 0 amide bonds. The average Bonchev–Trinajstić information content (AvgIpc) is 2.85. The standard InChI is InChI=1S/C14H15N3O2/c1-19-11-5-3-10(4-6-11)13-12(9-18)17-8-2-7-15-14(17)16-13/h3-6,9H,2,7-8H2,1H3,(H,15,16). The Morgan fingerprint density at radius 3 is 2.84 bits per heavy atom. The normalized spacial score (nSPS) is 13.5. The molecule has 0 unspecified atom stereocenters. The van der Waals surface area contributed by atoms with E-state index >= 15 is 0 Å². The summed E-state index contributed by atoms with van der Waals surface area (Å²) in [6, 6.07) is 7.58. The number of ether oxygens (including phenoxy) is 1. The van der Waals surface area contributed by atoms with Crippen LogP contribution in [0.5, 0.6) is 5.75 Å². The van der Waals surface area contributed by atoms with E-state index in [1.165, 1.54) is 0 Å². The molecular formula is C14H15N3O2. The van der Waals surface area contributed by atoms with Crippen LogP contribution in [0.2, 0.25) is 0 Å². The number of aromatic nitrogens is 2. The molecule has 0 saturated heterocycles. The third kappa shape index (κ3) is 1.97. The van der Waals surface area contributed by atoms with E-state index in [1.807, 2.05) is 28.8 Å². The minimum absolute atomic E-state index is 0.632. The lowest BCUT2D eigenvalue weighted by Gasteiger charge is -2.15. The van der Waals surface area contributed by atoms with Gasteiger partial charge in [0.1, 0.15) is 17.1 Å². The van der Waals surface area contributed by atoms with Crippen molar-refractivity contribution in [3.05, 3.63) is 30.0 Å². The second kappa shape index (κ2) is 4.76. The molecule has 1 aliphatic heterocycles. The molecule has 2 heterocycles. The number of carbonyl (C=O) groups excluding carboxylic acids is 1. The van der Waals surface area contributed by atoms with E-state index in [9.17, 15) is 4.79 Å². The monoisotopic (exact) mass is 257 g/mol. The Bertz CT molecular complexity index is 602. The molecule has 0 bridgehead atoms. The molecule has 5 nitrogen and oxygen atoms in total. The predicted molar refractivity (Wildman–Crippen MR) is 72.7 cm³/mol. The minimum Gasteiger partial charge on any atom is -0.497 e. The average molecular weight is 257 g/mol. The molecule has 1 aromatic heterocycles. The van der Waals surface area contributed by atoms with Gasteiger partial charge in [-0.1, -0.05) is 0 Å². The number of nitrogens with zero attached hydrogens (tertiary/aromatic N) is 2. The molecule has 0 saturated carbocycles. The number of nitrogens with one attached hydrogen (secondary N) is 1. The van der Waals surface area contributed by atoms with Crippen LogP contribution in [0.3, 0.4) is 0 Å².